The van der Waals surface area contributed by atoms with Crippen LogP contribution in [0.3, 0.4) is 0 Å². The Morgan fingerprint density at radius 1 is 1.02 bits per heavy atom. The summed E-state index contributed by atoms with van der Waals surface area (Å²) in [4.78, 5) is 67.7. The molecule has 4 atom stereocenters. The van der Waals surface area contributed by atoms with Crippen molar-refractivity contribution < 1.29 is 32.8 Å². The minimum Gasteiger partial charge on any atom is -0.368 e. The van der Waals surface area contributed by atoms with E-state index < -0.39 is 76.8 Å². The highest BCUT2D eigenvalue weighted by atomic mass is 19.3. The number of alkyl halides is 2. The van der Waals surface area contributed by atoms with Gasteiger partial charge >= 0.3 is 6.03 Å². The first-order valence-electron chi connectivity index (χ1n) is 14.3. The predicted octanol–water partition coefficient (Wildman–Crippen LogP) is 2.63. The average Bonchev–Trinajstić information content (AvgIpc) is 3.62. The number of urea groups is 1. The normalized spacial score (nSPS) is 24.2. The van der Waals surface area contributed by atoms with Crippen LogP contribution in [0.5, 0.6) is 0 Å². The second kappa shape index (κ2) is 12.0. The lowest BCUT2D eigenvalue weighted by molar-refractivity contribution is -0.150. The molecule has 10 nitrogen and oxygen atoms in total. The van der Waals surface area contributed by atoms with Crippen LogP contribution in [-0.2, 0) is 19.2 Å². The Labute approximate surface area is 234 Å². The molecule has 5 amide bonds. The number of nitrogens with one attached hydrogen (secondary N) is 3. The van der Waals surface area contributed by atoms with Crippen molar-refractivity contribution in [2.75, 3.05) is 7.05 Å². The number of carbonyl (C=O) groups excluding carboxylic acids is 5. The number of amides is 5. The first kappa shape index (κ1) is 31.7. The van der Waals surface area contributed by atoms with Gasteiger partial charge in [-0.05, 0) is 56.3 Å². The standard InChI is InChI=1S/C28H45F2N5O5/c1-26(2,3)20(34-25(40)32-5)24(39)35-18(22(31)37)15-28(12-7-6-8-13-28)21(35)17(11-14-27(4,29)30)19(36)23(38)33-16-9-10-16/h16-18,20-21H,6-15H2,1-5H3,(H2,31,37)(H,33,38)(H2,32,34,40)/t17-,18?,20-,21?/m1/s1. The number of hydrogen-bond donors (Lipinski definition) is 4. The van der Waals surface area contributed by atoms with Crippen molar-refractivity contribution in [2.24, 2.45) is 22.5 Å². The van der Waals surface area contributed by atoms with Gasteiger partial charge in [0, 0.05) is 31.5 Å². The van der Waals surface area contributed by atoms with E-state index in [0.29, 0.717) is 12.8 Å². The zero-order valence-corrected chi connectivity index (χ0v) is 24.3. The Balaban J connectivity index is 2.16. The molecule has 2 saturated carbocycles. The molecule has 3 aliphatic rings. The van der Waals surface area contributed by atoms with Gasteiger partial charge in [-0.2, -0.15) is 0 Å². The summed E-state index contributed by atoms with van der Waals surface area (Å²) in [5, 5.41) is 7.76. The lowest BCUT2D eigenvalue weighted by atomic mass is 9.64. The minimum absolute atomic E-state index is 0.130. The zero-order chi connectivity index (χ0) is 30.0. The number of rotatable bonds is 10. The van der Waals surface area contributed by atoms with Crippen LogP contribution in [0.1, 0.15) is 91.9 Å². The van der Waals surface area contributed by atoms with E-state index in [2.05, 4.69) is 16.0 Å². The van der Waals surface area contributed by atoms with Gasteiger partial charge in [-0.15, -0.1) is 0 Å². The molecule has 0 radical (unpaired) electrons. The molecule has 1 saturated heterocycles. The van der Waals surface area contributed by atoms with Crippen molar-refractivity contribution in [3.8, 4) is 0 Å². The third-order valence-electron chi connectivity index (χ3n) is 8.66. The number of carbonyl (C=O) groups is 5. The molecule has 1 heterocycles. The first-order valence-corrected chi connectivity index (χ1v) is 14.3. The van der Waals surface area contributed by atoms with Crippen molar-refractivity contribution >= 4 is 29.5 Å². The molecule has 226 valence electrons. The molecule has 1 aliphatic heterocycles. The SMILES string of the molecule is CNC(=O)N[C@H](C(=O)N1C(C(N)=O)CC2(CCCCC2)C1[C@H](CCC(C)(F)F)C(=O)C(=O)NC1CC1)C(C)(C)C. The lowest BCUT2D eigenvalue weighted by Crippen LogP contribution is -2.62. The van der Waals surface area contributed by atoms with E-state index in [1.54, 1.807) is 20.8 Å². The van der Waals surface area contributed by atoms with Gasteiger partial charge in [0.05, 0.1) is 0 Å². The van der Waals surface area contributed by atoms with E-state index in [1.165, 1.54) is 11.9 Å². The molecule has 0 bridgehead atoms. The van der Waals surface area contributed by atoms with Gasteiger partial charge in [0.2, 0.25) is 23.5 Å². The maximum Gasteiger partial charge on any atom is 0.315 e. The van der Waals surface area contributed by atoms with Crippen LogP contribution in [0.25, 0.3) is 0 Å². The fourth-order valence-electron chi connectivity index (χ4n) is 6.49. The highest BCUT2D eigenvalue weighted by Crippen LogP contribution is 2.54. The highest BCUT2D eigenvalue weighted by molar-refractivity contribution is 6.37. The average molecular weight is 570 g/mol. The maximum absolute atomic E-state index is 14.4. The number of nitrogens with zero attached hydrogens (tertiary/aromatic N) is 1. The number of hydrogen-bond acceptors (Lipinski definition) is 5. The topological polar surface area (TPSA) is 151 Å². The van der Waals surface area contributed by atoms with Gasteiger partial charge in [-0.1, -0.05) is 40.0 Å². The summed E-state index contributed by atoms with van der Waals surface area (Å²) in [5.74, 6) is -7.50. The zero-order valence-electron chi connectivity index (χ0n) is 24.3. The molecule has 5 N–H and O–H groups in total. The van der Waals surface area contributed by atoms with Gasteiger partial charge in [-0.3, -0.25) is 19.2 Å². The Morgan fingerprint density at radius 3 is 2.10 bits per heavy atom. The van der Waals surface area contributed by atoms with E-state index in [1.807, 2.05) is 0 Å². The summed E-state index contributed by atoms with van der Waals surface area (Å²) in [7, 11) is 1.40. The molecule has 2 aliphatic carbocycles. The molecule has 3 rings (SSSR count). The Morgan fingerprint density at radius 2 is 1.62 bits per heavy atom. The van der Waals surface area contributed by atoms with E-state index >= 15 is 0 Å². The van der Waals surface area contributed by atoms with Gasteiger partial charge in [-0.25, -0.2) is 13.6 Å². The summed E-state index contributed by atoms with van der Waals surface area (Å²) in [6.07, 6.45) is 4.20. The fourth-order valence-corrected chi connectivity index (χ4v) is 6.49. The van der Waals surface area contributed by atoms with Crippen LogP contribution in [0, 0.1) is 16.7 Å². The molecule has 2 unspecified atom stereocenters. The third-order valence-corrected chi connectivity index (χ3v) is 8.66. The monoisotopic (exact) mass is 569 g/mol. The number of ketones is 1. The summed E-state index contributed by atoms with van der Waals surface area (Å²) < 4.78 is 28.4. The molecule has 0 aromatic heterocycles. The number of halogens is 2. The predicted molar refractivity (Wildman–Crippen MR) is 144 cm³/mol. The molecular formula is C28H45F2N5O5. The minimum atomic E-state index is -3.11. The summed E-state index contributed by atoms with van der Waals surface area (Å²) >= 11 is 0. The summed E-state index contributed by atoms with van der Waals surface area (Å²) in [6.45, 7) is 5.99. The van der Waals surface area contributed by atoms with Crippen LogP contribution in [0.4, 0.5) is 13.6 Å². The Bertz CT molecular complexity index is 998. The molecule has 3 fully saturated rings. The molecule has 1 spiro atoms. The van der Waals surface area contributed by atoms with Crippen LogP contribution in [0.15, 0.2) is 0 Å². The second-order valence-electron chi connectivity index (χ2n) is 13.1. The van der Waals surface area contributed by atoms with Gasteiger partial charge < -0.3 is 26.6 Å². The van der Waals surface area contributed by atoms with Crippen molar-refractivity contribution in [1.82, 2.24) is 20.9 Å². The molecule has 12 heteroatoms. The smallest absolute Gasteiger partial charge is 0.315 e. The van der Waals surface area contributed by atoms with Crippen LogP contribution >= 0.6 is 0 Å². The first-order chi connectivity index (χ1) is 18.5. The fraction of sp³-hybridized carbons (Fsp3) is 0.821. The van der Waals surface area contributed by atoms with Crippen molar-refractivity contribution in [2.45, 2.75) is 122 Å². The summed E-state index contributed by atoms with van der Waals surface area (Å²) in [5.41, 5.74) is 4.27. The third kappa shape index (κ3) is 7.28. The summed E-state index contributed by atoms with van der Waals surface area (Å²) in [6, 6.07) is -3.99. The van der Waals surface area contributed by atoms with Gasteiger partial charge in [0.1, 0.15) is 12.1 Å². The second-order valence-corrected chi connectivity index (χ2v) is 13.1. The number of nitrogens with two attached hydrogens (primary N) is 1. The number of primary amides is 1. The molecular weight excluding hydrogens is 524 g/mol. The van der Waals surface area contributed by atoms with Gasteiger partial charge in [0.25, 0.3) is 5.91 Å². The van der Waals surface area contributed by atoms with Crippen molar-refractivity contribution in [1.29, 1.82) is 0 Å². The number of Topliss-reactive ketones (excluding diaryl/α,β-unsaturated/α-hetero) is 1. The van der Waals surface area contributed by atoms with Crippen LogP contribution in [0.2, 0.25) is 0 Å². The largest absolute Gasteiger partial charge is 0.368 e. The highest BCUT2D eigenvalue weighted by Gasteiger charge is 2.61. The van der Waals surface area contributed by atoms with Crippen molar-refractivity contribution in [3.05, 3.63) is 0 Å². The molecule has 0 aromatic rings. The van der Waals surface area contributed by atoms with Crippen LogP contribution in [-0.4, -0.2) is 71.6 Å². The van der Waals surface area contributed by atoms with E-state index in [0.717, 1.165) is 39.0 Å². The van der Waals surface area contributed by atoms with E-state index in [4.69, 9.17) is 5.73 Å². The number of likely N-dealkylation sites (tertiary alicyclic amines) is 1. The quantitative estimate of drug-likeness (QED) is 0.298. The lowest BCUT2D eigenvalue weighted by Gasteiger charge is -2.46. The molecule has 0 aromatic carbocycles. The molecule has 40 heavy (non-hydrogen) atoms. The maximum atomic E-state index is 14.4. The van der Waals surface area contributed by atoms with E-state index in [-0.39, 0.29) is 18.9 Å². The Hall–Kier alpha value is -2.79. The van der Waals surface area contributed by atoms with Crippen molar-refractivity contribution in [3.63, 3.8) is 0 Å². The van der Waals surface area contributed by atoms with Gasteiger partial charge in [0.15, 0.2) is 0 Å². The van der Waals surface area contributed by atoms with Crippen LogP contribution < -0.4 is 21.7 Å². The van der Waals surface area contributed by atoms with E-state index in [9.17, 15) is 32.8 Å². The Kier molecular flexibility index (Phi) is 9.51.